The average Bonchev–Trinajstić information content (AvgIpc) is 2.51. The lowest BCUT2D eigenvalue weighted by atomic mass is 9.84. The predicted octanol–water partition coefficient (Wildman–Crippen LogP) is 3.52. The molecule has 0 spiro atoms. The molecule has 0 amide bonds. The topological polar surface area (TPSA) is 6.48 Å². The molecule has 116 valence electrons. The van der Waals surface area contributed by atoms with Crippen LogP contribution in [0.5, 0.6) is 0 Å². The molecule has 0 N–H and O–H groups in total. The van der Waals surface area contributed by atoms with E-state index in [4.69, 9.17) is 0 Å². The van der Waals surface area contributed by atoms with Gasteiger partial charge >= 0.3 is 0 Å². The van der Waals surface area contributed by atoms with Crippen molar-refractivity contribution in [3.63, 3.8) is 0 Å². The SMILES string of the molecule is C[C@@H]1CCCC[C@H]1N1CCN(Cc2ccc(F)cc2)CC1. The first-order valence-corrected chi connectivity index (χ1v) is 8.43. The smallest absolute Gasteiger partial charge is 0.123 e. The molecule has 1 saturated heterocycles. The molecule has 1 saturated carbocycles. The van der Waals surface area contributed by atoms with Crippen LogP contribution in [0.3, 0.4) is 0 Å². The summed E-state index contributed by atoms with van der Waals surface area (Å²) >= 11 is 0. The van der Waals surface area contributed by atoms with Crippen molar-refractivity contribution in [2.75, 3.05) is 26.2 Å². The molecule has 3 rings (SSSR count). The Morgan fingerprint density at radius 3 is 2.33 bits per heavy atom. The fourth-order valence-electron chi connectivity index (χ4n) is 3.94. The first-order valence-electron chi connectivity index (χ1n) is 8.43. The minimum atomic E-state index is -0.144. The summed E-state index contributed by atoms with van der Waals surface area (Å²) < 4.78 is 12.9. The molecule has 1 aromatic carbocycles. The maximum atomic E-state index is 12.9. The summed E-state index contributed by atoms with van der Waals surface area (Å²) in [6.07, 6.45) is 5.62. The number of rotatable bonds is 3. The van der Waals surface area contributed by atoms with Gasteiger partial charge in [0.25, 0.3) is 0 Å². The van der Waals surface area contributed by atoms with Crippen molar-refractivity contribution in [1.82, 2.24) is 9.80 Å². The van der Waals surface area contributed by atoms with Crippen molar-refractivity contribution >= 4 is 0 Å². The average molecular weight is 290 g/mol. The third-order valence-corrected chi connectivity index (χ3v) is 5.26. The summed E-state index contributed by atoms with van der Waals surface area (Å²) in [4.78, 5) is 5.21. The van der Waals surface area contributed by atoms with Gasteiger partial charge in [0.05, 0.1) is 0 Å². The van der Waals surface area contributed by atoms with Gasteiger partial charge in [0.2, 0.25) is 0 Å². The number of piperazine rings is 1. The highest BCUT2D eigenvalue weighted by molar-refractivity contribution is 5.16. The lowest BCUT2D eigenvalue weighted by Crippen LogP contribution is -2.52. The molecule has 2 aliphatic rings. The Hall–Kier alpha value is -0.930. The van der Waals surface area contributed by atoms with E-state index in [2.05, 4.69) is 16.7 Å². The van der Waals surface area contributed by atoms with Gasteiger partial charge in [-0.25, -0.2) is 4.39 Å². The van der Waals surface area contributed by atoms with Crippen molar-refractivity contribution in [2.24, 2.45) is 5.92 Å². The van der Waals surface area contributed by atoms with Crippen LogP contribution in [-0.2, 0) is 6.54 Å². The van der Waals surface area contributed by atoms with E-state index in [-0.39, 0.29) is 5.82 Å². The molecule has 0 bridgehead atoms. The first kappa shape index (κ1) is 15.0. The molecular weight excluding hydrogens is 263 g/mol. The summed E-state index contributed by atoms with van der Waals surface area (Å²) in [6.45, 7) is 8.04. The van der Waals surface area contributed by atoms with Crippen LogP contribution in [0.15, 0.2) is 24.3 Å². The Kier molecular flexibility index (Phi) is 4.91. The van der Waals surface area contributed by atoms with Crippen molar-refractivity contribution in [3.8, 4) is 0 Å². The van der Waals surface area contributed by atoms with Gasteiger partial charge in [0, 0.05) is 38.8 Å². The fraction of sp³-hybridized carbons (Fsp3) is 0.667. The summed E-state index contributed by atoms with van der Waals surface area (Å²) in [5.41, 5.74) is 1.22. The third-order valence-electron chi connectivity index (χ3n) is 5.26. The van der Waals surface area contributed by atoms with Crippen LogP contribution >= 0.6 is 0 Å². The number of benzene rings is 1. The minimum absolute atomic E-state index is 0.144. The number of hydrogen-bond donors (Lipinski definition) is 0. The van der Waals surface area contributed by atoms with Crippen molar-refractivity contribution in [1.29, 1.82) is 0 Å². The monoisotopic (exact) mass is 290 g/mol. The van der Waals surface area contributed by atoms with E-state index in [0.717, 1.165) is 31.6 Å². The quantitative estimate of drug-likeness (QED) is 0.840. The van der Waals surface area contributed by atoms with Crippen LogP contribution in [0.25, 0.3) is 0 Å². The Morgan fingerprint density at radius 2 is 1.67 bits per heavy atom. The molecule has 1 heterocycles. The zero-order valence-electron chi connectivity index (χ0n) is 13.1. The molecular formula is C18H27FN2. The Labute approximate surface area is 127 Å². The molecule has 2 fully saturated rings. The standard InChI is InChI=1S/C18H27FN2/c1-15-4-2-3-5-18(15)21-12-10-20(11-13-21)14-16-6-8-17(19)9-7-16/h6-9,15,18H,2-5,10-14H2,1H3/t15-,18-/m1/s1. The van der Waals surface area contributed by atoms with E-state index in [9.17, 15) is 4.39 Å². The van der Waals surface area contributed by atoms with Gasteiger partial charge in [0.1, 0.15) is 5.82 Å². The molecule has 0 unspecified atom stereocenters. The fourth-order valence-corrected chi connectivity index (χ4v) is 3.94. The van der Waals surface area contributed by atoms with Crippen LogP contribution < -0.4 is 0 Å². The maximum absolute atomic E-state index is 12.9. The molecule has 2 nitrogen and oxygen atoms in total. The summed E-state index contributed by atoms with van der Waals surface area (Å²) in [6, 6.07) is 7.76. The predicted molar refractivity (Wildman–Crippen MR) is 84.7 cm³/mol. The molecule has 0 aromatic heterocycles. The number of nitrogens with zero attached hydrogens (tertiary/aromatic N) is 2. The third kappa shape index (κ3) is 3.83. The molecule has 21 heavy (non-hydrogen) atoms. The highest BCUT2D eigenvalue weighted by Gasteiger charge is 2.29. The minimum Gasteiger partial charge on any atom is -0.298 e. The largest absolute Gasteiger partial charge is 0.298 e. The van der Waals surface area contributed by atoms with E-state index in [1.165, 1.54) is 44.3 Å². The molecule has 2 atom stereocenters. The highest BCUT2D eigenvalue weighted by Crippen LogP contribution is 2.28. The summed E-state index contributed by atoms with van der Waals surface area (Å²) in [5.74, 6) is 0.720. The van der Waals surface area contributed by atoms with Crippen LogP contribution in [-0.4, -0.2) is 42.0 Å². The lowest BCUT2D eigenvalue weighted by Gasteiger charge is -2.43. The van der Waals surface area contributed by atoms with Gasteiger partial charge in [-0.3, -0.25) is 9.80 Å². The molecule has 1 aliphatic heterocycles. The normalized spacial score (nSPS) is 28.7. The Balaban J connectivity index is 1.49. The van der Waals surface area contributed by atoms with Crippen molar-refractivity contribution in [3.05, 3.63) is 35.6 Å². The van der Waals surface area contributed by atoms with Gasteiger partial charge in [-0.2, -0.15) is 0 Å². The first-order chi connectivity index (χ1) is 10.2. The summed E-state index contributed by atoms with van der Waals surface area (Å²) in [7, 11) is 0. The molecule has 0 radical (unpaired) electrons. The van der Waals surface area contributed by atoms with Crippen LogP contribution in [0.1, 0.15) is 38.2 Å². The van der Waals surface area contributed by atoms with Crippen molar-refractivity contribution in [2.45, 2.75) is 45.2 Å². The highest BCUT2D eigenvalue weighted by atomic mass is 19.1. The summed E-state index contributed by atoms with van der Waals surface area (Å²) in [5, 5.41) is 0. The van der Waals surface area contributed by atoms with Gasteiger partial charge in [-0.15, -0.1) is 0 Å². The lowest BCUT2D eigenvalue weighted by molar-refractivity contribution is 0.0518. The van der Waals surface area contributed by atoms with Gasteiger partial charge in [-0.1, -0.05) is 31.9 Å². The Morgan fingerprint density at radius 1 is 1.00 bits per heavy atom. The van der Waals surface area contributed by atoms with Gasteiger partial charge < -0.3 is 0 Å². The molecule has 1 aromatic rings. The number of hydrogen-bond acceptors (Lipinski definition) is 2. The zero-order valence-corrected chi connectivity index (χ0v) is 13.1. The van der Waals surface area contributed by atoms with Crippen LogP contribution in [0, 0.1) is 11.7 Å². The van der Waals surface area contributed by atoms with Crippen LogP contribution in [0.2, 0.25) is 0 Å². The second-order valence-electron chi connectivity index (χ2n) is 6.77. The number of halogens is 1. The van der Waals surface area contributed by atoms with E-state index in [1.54, 1.807) is 12.1 Å². The maximum Gasteiger partial charge on any atom is 0.123 e. The Bertz CT molecular complexity index is 437. The van der Waals surface area contributed by atoms with Gasteiger partial charge in [-0.05, 0) is 36.5 Å². The van der Waals surface area contributed by atoms with E-state index < -0.39 is 0 Å². The second-order valence-corrected chi connectivity index (χ2v) is 6.77. The van der Waals surface area contributed by atoms with Crippen LogP contribution in [0.4, 0.5) is 4.39 Å². The van der Waals surface area contributed by atoms with E-state index in [1.807, 2.05) is 12.1 Å². The van der Waals surface area contributed by atoms with E-state index in [0.29, 0.717) is 0 Å². The van der Waals surface area contributed by atoms with Gasteiger partial charge in [0.15, 0.2) is 0 Å². The molecule has 3 heteroatoms. The van der Waals surface area contributed by atoms with Crippen molar-refractivity contribution < 1.29 is 4.39 Å². The van der Waals surface area contributed by atoms with E-state index >= 15 is 0 Å². The second kappa shape index (κ2) is 6.89. The molecule has 1 aliphatic carbocycles. The zero-order chi connectivity index (χ0) is 14.7.